The third-order valence-electron chi connectivity index (χ3n) is 3.74. The maximum Gasteiger partial charge on any atom is 0.122 e. The zero-order valence-electron chi connectivity index (χ0n) is 13.5. The van der Waals surface area contributed by atoms with Crippen LogP contribution in [0.25, 0.3) is 0 Å². The second kappa shape index (κ2) is 7.25. The number of ether oxygens (including phenoxy) is 2. The lowest BCUT2D eigenvalue weighted by Gasteiger charge is -2.36. The molecule has 4 nitrogen and oxygen atoms in total. The number of hydrogen-bond donors (Lipinski definition) is 1. The number of nitrogens with zero attached hydrogens (tertiary/aromatic N) is 1. The van der Waals surface area contributed by atoms with Gasteiger partial charge in [0.2, 0.25) is 0 Å². The Labute approximate surface area is 127 Å². The third kappa shape index (κ3) is 4.99. The average Bonchev–Trinajstić information content (AvgIpc) is 2.38. The van der Waals surface area contributed by atoms with Crippen LogP contribution in [0.3, 0.4) is 0 Å². The van der Waals surface area contributed by atoms with E-state index in [2.05, 4.69) is 24.8 Å². The van der Waals surface area contributed by atoms with Crippen molar-refractivity contribution in [3.8, 4) is 5.75 Å². The van der Waals surface area contributed by atoms with Gasteiger partial charge in [-0.1, -0.05) is 12.1 Å². The number of β-amino-alcohol motifs (C(OH)–C–C–N with tert-alkyl or cyclic N) is 1. The van der Waals surface area contributed by atoms with Crippen molar-refractivity contribution < 1.29 is 14.6 Å². The number of aryl methyl sites for hydroxylation is 2. The highest BCUT2D eigenvalue weighted by Gasteiger charge is 2.23. The van der Waals surface area contributed by atoms with Crippen molar-refractivity contribution >= 4 is 0 Å². The molecule has 0 aromatic heterocycles. The molecule has 2 rings (SSSR count). The maximum absolute atomic E-state index is 10.2. The summed E-state index contributed by atoms with van der Waals surface area (Å²) in [5.41, 5.74) is 2.27. The smallest absolute Gasteiger partial charge is 0.122 e. The van der Waals surface area contributed by atoms with Crippen LogP contribution in [-0.4, -0.2) is 54.6 Å². The molecule has 0 spiro atoms. The molecular formula is C17H27NO3. The first-order valence-corrected chi connectivity index (χ1v) is 7.70. The van der Waals surface area contributed by atoms with Crippen LogP contribution in [0.15, 0.2) is 18.2 Å². The largest absolute Gasteiger partial charge is 0.491 e. The molecule has 0 amide bonds. The predicted molar refractivity (Wildman–Crippen MR) is 83.9 cm³/mol. The van der Waals surface area contributed by atoms with Gasteiger partial charge in [0, 0.05) is 19.6 Å². The Morgan fingerprint density at radius 2 is 1.95 bits per heavy atom. The van der Waals surface area contributed by atoms with Crippen molar-refractivity contribution in [3.63, 3.8) is 0 Å². The van der Waals surface area contributed by atoms with Gasteiger partial charge in [0.1, 0.15) is 18.5 Å². The van der Waals surface area contributed by atoms with E-state index in [1.807, 2.05) is 26.0 Å². The second-order valence-electron chi connectivity index (χ2n) is 6.21. The van der Waals surface area contributed by atoms with Crippen LogP contribution in [0.4, 0.5) is 0 Å². The molecule has 1 aromatic rings. The molecular weight excluding hydrogens is 266 g/mol. The Morgan fingerprint density at radius 3 is 2.62 bits per heavy atom. The van der Waals surface area contributed by atoms with Gasteiger partial charge in [-0.25, -0.2) is 0 Å². The Bertz CT molecular complexity index is 453. The second-order valence-corrected chi connectivity index (χ2v) is 6.21. The number of morpholine rings is 1. The summed E-state index contributed by atoms with van der Waals surface area (Å²) in [5.74, 6) is 0.859. The van der Waals surface area contributed by atoms with E-state index in [-0.39, 0.29) is 12.2 Å². The summed E-state index contributed by atoms with van der Waals surface area (Å²) in [4.78, 5) is 2.25. The van der Waals surface area contributed by atoms with Gasteiger partial charge in [0.25, 0.3) is 0 Å². The van der Waals surface area contributed by atoms with Crippen LogP contribution in [-0.2, 0) is 4.74 Å². The van der Waals surface area contributed by atoms with E-state index >= 15 is 0 Å². The summed E-state index contributed by atoms with van der Waals surface area (Å²) in [6.07, 6.45) is -0.0378. The normalized spacial score (nSPS) is 24.8. The fourth-order valence-electron chi connectivity index (χ4n) is 2.83. The molecule has 1 aromatic carbocycles. The molecule has 0 radical (unpaired) electrons. The molecule has 0 aliphatic carbocycles. The van der Waals surface area contributed by atoms with E-state index in [1.54, 1.807) is 0 Å². The molecule has 3 atom stereocenters. The summed E-state index contributed by atoms with van der Waals surface area (Å²) in [6, 6.07) is 6.12. The number of rotatable bonds is 5. The van der Waals surface area contributed by atoms with Crippen molar-refractivity contribution in [2.24, 2.45) is 0 Å². The van der Waals surface area contributed by atoms with Gasteiger partial charge in [0.15, 0.2) is 0 Å². The van der Waals surface area contributed by atoms with Crippen LogP contribution >= 0.6 is 0 Å². The standard InChI is InChI=1S/C17H27NO3/c1-12-5-6-13(2)17(7-12)20-11-16(19)10-18-8-14(3)21-15(4)9-18/h5-7,14-16,19H,8-11H2,1-4H3/t14-,15+,16-/m0/s1. The summed E-state index contributed by atoms with van der Waals surface area (Å²) in [6.45, 7) is 10.9. The lowest BCUT2D eigenvalue weighted by molar-refractivity contribution is -0.0786. The van der Waals surface area contributed by atoms with E-state index in [0.29, 0.717) is 13.2 Å². The van der Waals surface area contributed by atoms with Crippen LogP contribution < -0.4 is 4.74 Å². The predicted octanol–water partition coefficient (Wildman–Crippen LogP) is 2.15. The van der Waals surface area contributed by atoms with Crippen molar-refractivity contribution in [1.29, 1.82) is 0 Å². The van der Waals surface area contributed by atoms with Crippen LogP contribution in [0.1, 0.15) is 25.0 Å². The lowest BCUT2D eigenvalue weighted by Crippen LogP contribution is -2.48. The Morgan fingerprint density at radius 1 is 1.29 bits per heavy atom. The number of aliphatic hydroxyl groups is 1. The molecule has 0 bridgehead atoms. The van der Waals surface area contributed by atoms with Crippen molar-refractivity contribution in [3.05, 3.63) is 29.3 Å². The van der Waals surface area contributed by atoms with Gasteiger partial charge in [-0.3, -0.25) is 4.90 Å². The Kier molecular flexibility index (Phi) is 5.62. The SMILES string of the molecule is Cc1ccc(C)c(OC[C@@H](O)CN2C[C@@H](C)O[C@@H](C)C2)c1. The first-order chi connectivity index (χ1) is 9.94. The lowest BCUT2D eigenvalue weighted by atomic mass is 10.1. The fourth-order valence-corrected chi connectivity index (χ4v) is 2.83. The van der Waals surface area contributed by atoms with Crippen molar-refractivity contribution in [2.45, 2.75) is 46.0 Å². The molecule has 4 heteroatoms. The Balaban J connectivity index is 1.81. The first-order valence-electron chi connectivity index (χ1n) is 7.70. The molecule has 1 fully saturated rings. The quantitative estimate of drug-likeness (QED) is 0.903. The molecule has 1 saturated heterocycles. The summed E-state index contributed by atoms with van der Waals surface area (Å²) < 4.78 is 11.5. The molecule has 1 aliphatic heterocycles. The van der Waals surface area contributed by atoms with E-state index in [4.69, 9.17) is 9.47 Å². The molecule has 21 heavy (non-hydrogen) atoms. The van der Waals surface area contributed by atoms with Gasteiger partial charge in [-0.2, -0.15) is 0 Å². The summed E-state index contributed by atoms with van der Waals surface area (Å²) in [7, 11) is 0. The summed E-state index contributed by atoms with van der Waals surface area (Å²) in [5, 5.41) is 10.2. The topological polar surface area (TPSA) is 41.9 Å². The zero-order chi connectivity index (χ0) is 15.4. The van der Waals surface area contributed by atoms with Gasteiger partial charge >= 0.3 is 0 Å². The van der Waals surface area contributed by atoms with Crippen molar-refractivity contribution in [2.75, 3.05) is 26.2 Å². The molecule has 1 heterocycles. The maximum atomic E-state index is 10.2. The molecule has 0 saturated carbocycles. The van der Waals surface area contributed by atoms with Crippen LogP contribution in [0.2, 0.25) is 0 Å². The van der Waals surface area contributed by atoms with Gasteiger partial charge < -0.3 is 14.6 Å². The Hall–Kier alpha value is -1.10. The van der Waals surface area contributed by atoms with Crippen LogP contribution in [0, 0.1) is 13.8 Å². The molecule has 0 unspecified atom stereocenters. The zero-order valence-corrected chi connectivity index (χ0v) is 13.5. The van der Waals surface area contributed by atoms with Crippen molar-refractivity contribution in [1.82, 2.24) is 4.90 Å². The number of benzene rings is 1. The summed E-state index contributed by atoms with van der Waals surface area (Å²) >= 11 is 0. The monoisotopic (exact) mass is 293 g/mol. The van der Waals surface area contributed by atoms with Gasteiger partial charge in [-0.05, 0) is 44.9 Å². The minimum atomic E-state index is -0.484. The van der Waals surface area contributed by atoms with E-state index in [0.717, 1.165) is 24.4 Å². The average molecular weight is 293 g/mol. The highest BCUT2D eigenvalue weighted by atomic mass is 16.5. The van der Waals surface area contributed by atoms with Crippen LogP contribution in [0.5, 0.6) is 5.75 Å². The first kappa shape index (κ1) is 16.3. The van der Waals surface area contributed by atoms with E-state index in [9.17, 15) is 5.11 Å². The number of hydrogen-bond acceptors (Lipinski definition) is 4. The highest BCUT2D eigenvalue weighted by Crippen LogP contribution is 2.19. The number of aliphatic hydroxyl groups excluding tert-OH is 1. The minimum Gasteiger partial charge on any atom is -0.491 e. The van der Waals surface area contributed by atoms with Gasteiger partial charge in [0.05, 0.1) is 12.2 Å². The van der Waals surface area contributed by atoms with E-state index < -0.39 is 6.10 Å². The molecule has 1 N–H and O–H groups in total. The molecule has 118 valence electrons. The minimum absolute atomic E-state index is 0.223. The molecule has 1 aliphatic rings. The van der Waals surface area contributed by atoms with E-state index in [1.165, 1.54) is 5.56 Å². The van der Waals surface area contributed by atoms with Gasteiger partial charge in [-0.15, -0.1) is 0 Å². The highest BCUT2D eigenvalue weighted by molar-refractivity contribution is 5.35. The fraction of sp³-hybridized carbons (Fsp3) is 0.647. The third-order valence-corrected chi connectivity index (χ3v) is 3.74.